The monoisotopic (exact) mass is 616 g/mol. The smallest absolute Gasteiger partial charge is 0.257 e. The van der Waals surface area contributed by atoms with Crippen molar-refractivity contribution in [3.63, 3.8) is 0 Å². The van der Waals surface area contributed by atoms with Crippen LogP contribution in [-0.2, 0) is 22.7 Å². The zero-order chi connectivity index (χ0) is 31.0. The number of imide groups is 1. The highest BCUT2D eigenvalue weighted by atomic mass is 35.5. The van der Waals surface area contributed by atoms with E-state index in [4.69, 9.17) is 16.9 Å². The summed E-state index contributed by atoms with van der Waals surface area (Å²) in [5, 5.41) is 26.0. The Morgan fingerprint density at radius 2 is 1.77 bits per heavy atom. The summed E-state index contributed by atoms with van der Waals surface area (Å²) >= 11 is 6.28. The summed E-state index contributed by atoms with van der Waals surface area (Å²) in [7, 11) is 0. The summed E-state index contributed by atoms with van der Waals surface area (Å²) in [6.07, 6.45) is -1.04. The molecule has 2 unspecified atom stereocenters. The third-order valence-electron chi connectivity index (χ3n) is 8.39. The van der Waals surface area contributed by atoms with Crippen molar-refractivity contribution in [3.8, 4) is 6.07 Å². The quantitative estimate of drug-likeness (QED) is 0.344. The summed E-state index contributed by atoms with van der Waals surface area (Å²) in [5.74, 6) is -1.90. The highest BCUT2D eigenvalue weighted by Crippen LogP contribution is 2.39. The number of carbonyl (C=O) groups excluding carboxylic acids is 3. The number of carbonyl (C=O) groups is 3. The molecule has 2 fully saturated rings. The van der Waals surface area contributed by atoms with Gasteiger partial charge in [0.15, 0.2) is 6.23 Å². The van der Waals surface area contributed by atoms with E-state index in [0.29, 0.717) is 42.1 Å². The van der Waals surface area contributed by atoms with Gasteiger partial charge >= 0.3 is 0 Å². The van der Waals surface area contributed by atoms with E-state index in [9.17, 15) is 23.9 Å². The second-order valence-corrected chi connectivity index (χ2v) is 11.6. The summed E-state index contributed by atoms with van der Waals surface area (Å²) < 4.78 is 14.6. The molecule has 3 aromatic rings. The molecule has 0 saturated carbocycles. The molecule has 2 atom stereocenters. The minimum absolute atomic E-state index is 0.105. The lowest BCUT2D eigenvalue weighted by atomic mass is 10.0. The minimum atomic E-state index is -1.31. The van der Waals surface area contributed by atoms with Gasteiger partial charge in [-0.25, -0.2) is 4.39 Å². The molecule has 3 heterocycles. The van der Waals surface area contributed by atoms with Crippen LogP contribution in [0.5, 0.6) is 0 Å². The Labute approximate surface area is 258 Å². The first-order valence-electron chi connectivity index (χ1n) is 14.4. The molecule has 0 aliphatic carbocycles. The van der Waals surface area contributed by atoms with Gasteiger partial charge in [-0.05, 0) is 41.8 Å². The number of fused-ring (bicyclic) bond motifs is 1. The van der Waals surface area contributed by atoms with Crippen LogP contribution in [0.15, 0.2) is 54.6 Å². The van der Waals surface area contributed by atoms with Crippen LogP contribution < -0.4 is 15.5 Å². The van der Waals surface area contributed by atoms with E-state index in [1.807, 2.05) is 23.1 Å². The van der Waals surface area contributed by atoms with Gasteiger partial charge in [0.2, 0.25) is 11.8 Å². The molecule has 3 aliphatic rings. The van der Waals surface area contributed by atoms with Crippen molar-refractivity contribution in [2.75, 3.05) is 36.4 Å². The Morgan fingerprint density at radius 1 is 1.05 bits per heavy atom. The fourth-order valence-corrected chi connectivity index (χ4v) is 6.44. The topological polar surface area (TPSA) is 129 Å². The molecule has 0 aromatic heterocycles. The Hall–Kier alpha value is -4.50. The first-order valence-corrected chi connectivity index (χ1v) is 14.8. The number of benzene rings is 3. The van der Waals surface area contributed by atoms with Crippen LogP contribution in [0.4, 0.5) is 15.8 Å². The van der Waals surface area contributed by atoms with Crippen molar-refractivity contribution >= 4 is 40.7 Å². The van der Waals surface area contributed by atoms with E-state index < -0.39 is 29.9 Å². The fourth-order valence-electron chi connectivity index (χ4n) is 6.11. The number of hydrogen-bond acceptors (Lipinski definition) is 8. The van der Waals surface area contributed by atoms with Gasteiger partial charge in [-0.15, -0.1) is 0 Å². The third kappa shape index (κ3) is 5.71. The number of halogens is 2. The number of piperidine rings is 1. The van der Waals surface area contributed by atoms with Gasteiger partial charge < -0.3 is 15.3 Å². The molecule has 226 valence electrons. The van der Waals surface area contributed by atoms with Crippen LogP contribution in [0.2, 0.25) is 5.02 Å². The molecule has 44 heavy (non-hydrogen) atoms. The van der Waals surface area contributed by atoms with Crippen LogP contribution in [0.1, 0.15) is 51.7 Å². The van der Waals surface area contributed by atoms with Gasteiger partial charge in [0, 0.05) is 62.5 Å². The molecule has 10 nitrogen and oxygen atoms in total. The van der Waals surface area contributed by atoms with Crippen LogP contribution in [0.3, 0.4) is 0 Å². The van der Waals surface area contributed by atoms with E-state index in [-0.39, 0.29) is 29.3 Å². The first kappa shape index (κ1) is 29.6. The Balaban J connectivity index is 1.05. The summed E-state index contributed by atoms with van der Waals surface area (Å²) in [6.45, 7) is 3.88. The van der Waals surface area contributed by atoms with Gasteiger partial charge in [-0.3, -0.25) is 29.5 Å². The van der Waals surface area contributed by atoms with Gasteiger partial charge in [0.05, 0.1) is 22.3 Å². The van der Waals surface area contributed by atoms with Crippen molar-refractivity contribution < 1.29 is 23.9 Å². The molecule has 3 aliphatic heterocycles. The number of aliphatic hydroxyl groups is 1. The van der Waals surface area contributed by atoms with E-state index in [1.54, 1.807) is 18.2 Å². The minimum Gasteiger partial charge on any atom is -0.381 e. The third-order valence-corrected chi connectivity index (χ3v) is 8.67. The summed E-state index contributed by atoms with van der Waals surface area (Å²) in [6, 6.07) is 17.0. The van der Waals surface area contributed by atoms with Crippen molar-refractivity contribution in [2.45, 2.75) is 38.2 Å². The van der Waals surface area contributed by atoms with E-state index in [1.165, 1.54) is 12.1 Å². The lowest BCUT2D eigenvalue weighted by Gasteiger charge is -2.36. The van der Waals surface area contributed by atoms with Crippen LogP contribution in [0.25, 0.3) is 0 Å². The number of piperazine rings is 1. The van der Waals surface area contributed by atoms with Gasteiger partial charge in [0.1, 0.15) is 11.9 Å². The maximum Gasteiger partial charge on any atom is 0.257 e. The molecule has 6 rings (SSSR count). The molecule has 12 heteroatoms. The molecule has 0 bridgehead atoms. The van der Waals surface area contributed by atoms with Crippen molar-refractivity contribution in [2.24, 2.45) is 0 Å². The summed E-state index contributed by atoms with van der Waals surface area (Å²) in [4.78, 5) is 42.5. The van der Waals surface area contributed by atoms with Crippen LogP contribution >= 0.6 is 11.6 Å². The number of nitrogens with zero attached hydrogens (tertiary/aromatic N) is 4. The van der Waals surface area contributed by atoms with Crippen molar-refractivity contribution in [1.29, 1.82) is 5.26 Å². The van der Waals surface area contributed by atoms with E-state index >= 15 is 0 Å². The Morgan fingerprint density at radius 3 is 2.45 bits per heavy atom. The molecular formula is C32H30ClFN6O4. The molecule has 2 saturated heterocycles. The molecule has 3 amide bonds. The fraction of sp³-hybridized carbons (Fsp3) is 0.312. The number of aliphatic hydroxyl groups excluding tert-OH is 1. The highest BCUT2D eigenvalue weighted by Gasteiger charge is 2.45. The van der Waals surface area contributed by atoms with E-state index in [0.717, 1.165) is 35.7 Å². The maximum absolute atomic E-state index is 14.6. The molecule has 0 radical (unpaired) electrons. The number of hydrogen-bond donors (Lipinski definition) is 3. The second-order valence-electron chi connectivity index (χ2n) is 11.2. The molecule has 0 spiro atoms. The summed E-state index contributed by atoms with van der Waals surface area (Å²) in [5.41, 5.74) is 4.01. The predicted molar refractivity (Wildman–Crippen MR) is 161 cm³/mol. The lowest BCUT2D eigenvalue weighted by molar-refractivity contribution is -0.139. The van der Waals surface area contributed by atoms with Crippen molar-refractivity contribution in [3.05, 3.63) is 93.3 Å². The second kappa shape index (κ2) is 12.2. The van der Waals surface area contributed by atoms with Gasteiger partial charge in [-0.2, -0.15) is 5.26 Å². The average Bonchev–Trinajstić information content (AvgIpc) is 3.27. The predicted octanol–water partition coefficient (Wildman–Crippen LogP) is 3.54. The normalized spacial score (nSPS) is 20.4. The Bertz CT molecular complexity index is 1650. The van der Waals surface area contributed by atoms with E-state index in [2.05, 4.69) is 27.7 Å². The number of amides is 3. The number of nitrogens with one attached hydrogen (secondary N) is 2. The maximum atomic E-state index is 14.6. The number of nitriles is 1. The highest BCUT2D eigenvalue weighted by molar-refractivity contribution is 6.33. The van der Waals surface area contributed by atoms with Crippen LogP contribution in [0, 0.1) is 17.1 Å². The van der Waals surface area contributed by atoms with Gasteiger partial charge in [-0.1, -0.05) is 41.9 Å². The zero-order valence-corrected chi connectivity index (χ0v) is 24.5. The molecular weight excluding hydrogens is 587 g/mol. The standard InChI is InChI=1S/C32H30ClFN6O4/c33-23-14-21(16-35)15-24(34)29(23)39-12-10-38(11-13-39)18-20-6-4-19(5-7-20)17-36-25-3-1-2-22-28(25)32(44)40(31(22)43)26-8-9-27(41)37-30(26)42/h1-7,14-15,26,32,36,44H,8-13,17-18H2,(H,37,41,42). The average molecular weight is 617 g/mol. The Kier molecular flexibility index (Phi) is 8.23. The lowest BCUT2D eigenvalue weighted by Crippen LogP contribution is -2.53. The SMILES string of the molecule is N#Cc1cc(F)c(N2CCN(Cc3ccc(CNc4cccc5c4C(O)N(C4CCC(=O)NC4=O)C5=O)cc3)CC2)c(Cl)c1. The zero-order valence-electron chi connectivity index (χ0n) is 23.7. The van der Waals surface area contributed by atoms with Crippen LogP contribution in [-0.4, -0.2) is 64.8 Å². The van der Waals surface area contributed by atoms with Gasteiger partial charge in [0.25, 0.3) is 5.91 Å². The number of rotatable bonds is 7. The molecule has 3 aromatic carbocycles. The molecule has 3 N–H and O–H groups in total. The van der Waals surface area contributed by atoms with Crippen molar-refractivity contribution in [1.82, 2.24) is 15.1 Å². The number of anilines is 2. The first-order chi connectivity index (χ1) is 21.2. The largest absolute Gasteiger partial charge is 0.381 e.